The molecule has 186 valence electrons. The number of hydrogen-bond donors (Lipinski definition) is 0. The van der Waals surface area contributed by atoms with Crippen LogP contribution in [0.15, 0.2) is 34.5 Å². The lowest BCUT2D eigenvalue weighted by Crippen LogP contribution is -2.34. The zero-order valence-corrected chi connectivity index (χ0v) is 21.7. The third-order valence-corrected chi connectivity index (χ3v) is 7.61. The van der Waals surface area contributed by atoms with Crippen molar-refractivity contribution < 1.29 is 23.7 Å². The van der Waals surface area contributed by atoms with E-state index in [-0.39, 0.29) is 30.2 Å². The molecular formula is C26H33Cl2NO5. The number of halogens is 2. The van der Waals surface area contributed by atoms with E-state index in [0.717, 1.165) is 54.8 Å². The molecule has 8 heteroatoms. The number of nitrogens with zero attached hydrogens (tertiary/aromatic N) is 1. The van der Waals surface area contributed by atoms with Gasteiger partial charge in [0.2, 0.25) is 0 Å². The first-order chi connectivity index (χ1) is 16.3. The molecule has 3 heterocycles. The number of benzene rings is 1. The molecule has 1 aromatic rings. The summed E-state index contributed by atoms with van der Waals surface area (Å²) in [4.78, 5) is 17.5. The zero-order valence-electron chi connectivity index (χ0n) is 20.2. The monoisotopic (exact) mass is 509 g/mol. The highest BCUT2D eigenvalue weighted by molar-refractivity contribution is 6.42. The van der Waals surface area contributed by atoms with Gasteiger partial charge in [0.25, 0.3) is 0 Å². The van der Waals surface area contributed by atoms with Gasteiger partial charge in [0.05, 0.1) is 28.7 Å². The number of epoxide rings is 1. The molecule has 0 N–H and O–H groups in total. The van der Waals surface area contributed by atoms with Crippen LogP contribution in [-0.2, 0) is 23.7 Å². The van der Waals surface area contributed by atoms with Crippen LogP contribution in [0, 0.1) is 5.92 Å². The second-order valence-corrected chi connectivity index (χ2v) is 10.0. The van der Waals surface area contributed by atoms with Crippen LogP contribution in [0.5, 0.6) is 0 Å². The Balaban J connectivity index is 1.53. The summed E-state index contributed by atoms with van der Waals surface area (Å²) in [6, 6.07) is 5.53. The van der Waals surface area contributed by atoms with Gasteiger partial charge in [-0.15, -0.1) is 0 Å². The lowest BCUT2D eigenvalue weighted by atomic mass is 9.73. The maximum absolute atomic E-state index is 12.7. The van der Waals surface area contributed by atoms with E-state index in [1.807, 2.05) is 26.0 Å². The van der Waals surface area contributed by atoms with E-state index < -0.39 is 12.2 Å². The predicted octanol–water partition coefficient (Wildman–Crippen LogP) is 6.09. The van der Waals surface area contributed by atoms with E-state index in [1.54, 1.807) is 13.0 Å². The minimum absolute atomic E-state index is 0.0257. The molecule has 1 aromatic carbocycles. The Kier molecular flexibility index (Phi) is 8.49. The molecular weight excluding hydrogens is 477 g/mol. The van der Waals surface area contributed by atoms with Gasteiger partial charge in [-0.3, -0.25) is 9.79 Å². The number of allylic oxidation sites excluding steroid dienone is 1. The van der Waals surface area contributed by atoms with Gasteiger partial charge in [-0.05, 0) is 63.7 Å². The summed E-state index contributed by atoms with van der Waals surface area (Å²) in [5.41, 5.74) is 3.32. The second-order valence-electron chi connectivity index (χ2n) is 9.22. The van der Waals surface area contributed by atoms with Crippen molar-refractivity contribution >= 4 is 34.7 Å². The van der Waals surface area contributed by atoms with E-state index in [2.05, 4.69) is 6.92 Å². The van der Waals surface area contributed by atoms with Crippen molar-refractivity contribution in [3.8, 4) is 0 Å². The molecule has 0 saturated carbocycles. The summed E-state index contributed by atoms with van der Waals surface area (Å²) in [6.07, 6.45) is 2.90. The predicted molar refractivity (Wildman–Crippen MR) is 133 cm³/mol. The van der Waals surface area contributed by atoms with Crippen molar-refractivity contribution in [2.75, 3.05) is 13.2 Å². The lowest BCUT2D eigenvalue weighted by Gasteiger charge is -2.33. The van der Waals surface area contributed by atoms with Crippen molar-refractivity contribution in [2.24, 2.45) is 10.9 Å². The third kappa shape index (κ3) is 5.58. The Morgan fingerprint density at radius 2 is 2.06 bits per heavy atom. The van der Waals surface area contributed by atoms with Gasteiger partial charge in [0.1, 0.15) is 11.9 Å². The molecule has 6 atom stereocenters. The fourth-order valence-electron chi connectivity index (χ4n) is 4.99. The van der Waals surface area contributed by atoms with Crippen molar-refractivity contribution in [3.63, 3.8) is 0 Å². The Bertz CT molecular complexity index is 972. The first-order valence-corrected chi connectivity index (χ1v) is 12.8. The maximum Gasteiger partial charge on any atom is 0.189 e. The van der Waals surface area contributed by atoms with E-state index in [0.29, 0.717) is 16.7 Å². The van der Waals surface area contributed by atoms with Crippen LogP contribution in [0.25, 0.3) is 0 Å². The van der Waals surface area contributed by atoms with Gasteiger partial charge >= 0.3 is 0 Å². The Labute approximate surface area is 211 Å². The second kappa shape index (κ2) is 11.2. The Morgan fingerprint density at radius 1 is 1.26 bits per heavy atom. The van der Waals surface area contributed by atoms with Crippen molar-refractivity contribution in [3.05, 3.63) is 45.1 Å². The van der Waals surface area contributed by atoms with E-state index in [4.69, 9.17) is 47.1 Å². The van der Waals surface area contributed by atoms with Crippen molar-refractivity contribution in [1.29, 1.82) is 0 Å². The minimum Gasteiger partial charge on any atom is -0.353 e. The smallest absolute Gasteiger partial charge is 0.189 e. The third-order valence-electron chi connectivity index (χ3n) is 6.78. The fraction of sp³-hybridized carbons (Fsp3) is 0.615. The zero-order chi connectivity index (χ0) is 24.4. The standard InChI is InChI=1S/C26H33Cl2NO5/c1-5-17(13-32-20-11-6-7-12-31-20)33-26-25(34-26)22-15(3)29-14(2)21(16(4)30)23(22)18-9-8-10-19(27)24(18)28/h8-10,17,20-21,23,25-26H,5-7,11-13H2,1-4H3. The molecule has 2 saturated heterocycles. The average Bonchev–Trinajstić information content (AvgIpc) is 3.56. The van der Waals surface area contributed by atoms with Gasteiger partial charge in [0.15, 0.2) is 12.6 Å². The van der Waals surface area contributed by atoms with Gasteiger partial charge in [0, 0.05) is 23.9 Å². The largest absolute Gasteiger partial charge is 0.353 e. The van der Waals surface area contributed by atoms with Crippen LogP contribution in [0.2, 0.25) is 10.0 Å². The number of hydrogen-bond acceptors (Lipinski definition) is 6. The highest BCUT2D eigenvalue weighted by atomic mass is 35.5. The normalized spacial score (nSPS) is 30.2. The van der Waals surface area contributed by atoms with Gasteiger partial charge in [-0.2, -0.15) is 0 Å². The summed E-state index contributed by atoms with van der Waals surface area (Å²) < 4.78 is 23.9. The summed E-state index contributed by atoms with van der Waals surface area (Å²) >= 11 is 13.0. The van der Waals surface area contributed by atoms with Gasteiger partial charge in [-0.25, -0.2) is 0 Å². The summed E-state index contributed by atoms with van der Waals surface area (Å²) in [5, 5.41) is 0.905. The Morgan fingerprint density at radius 3 is 2.74 bits per heavy atom. The number of ether oxygens (including phenoxy) is 4. The molecule has 0 aromatic heterocycles. The molecule has 3 aliphatic heterocycles. The van der Waals surface area contributed by atoms with Crippen LogP contribution < -0.4 is 0 Å². The average molecular weight is 510 g/mol. The summed E-state index contributed by atoms with van der Waals surface area (Å²) in [5.74, 6) is -0.724. The topological polar surface area (TPSA) is 69.7 Å². The van der Waals surface area contributed by atoms with Crippen LogP contribution >= 0.6 is 23.2 Å². The maximum atomic E-state index is 12.7. The molecule has 6 nitrogen and oxygen atoms in total. The summed E-state index contributed by atoms with van der Waals surface area (Å²) in [7, 11) is 0. The molecule has 0 aliphatic carbocycles. The minimum atomic E-state index is -0.437. The van der Waals surface area contributed by atoms with Crippen molar-refractivity contribution in [1.82, 2.24) is 0 Å². The van der Waals surface area contributed by atoms with Crippen molar-refractivity contribution in [2.45, 2.75) is 84.1 Å². The van der Waals surface area contributed by atoms with E-state index in [9.17, 15) is 4.79 Å². The Hall–Kier alpha value is -1.28. The fourth-order valence-corrected chi connectivity index (χ4v) is 5.41. The number of rotatable bonds is 9. The molecule has 34 heavy (non-hydrogen) atoms. The van der Waals surface area contributed by atoms with Gasteiger partial charge in [-0.1, -0.05) is 42.3 Å². The van der Waals surface area contributed by atoms with Crippen LogP contribution in [-0.4, -0.2) is 49.5 Å². The molecule has 4 rings (SSSR count). The molecule has 3 aliphatic rings. The molecule has 0 bridgehead atoms. The molecule has 6 unspecified atom stereocenters. The number of ketones is 1. The van der Waals surface area contributed by atoms with Crippen LogP contribution in [0.4, 0.5) is 0 Å². The SMILES string of the molecule is CCC(COC1CCCCO1)OC1OC1C1=C(C)N=C(C)C(C(C)=O)C1c1cccc(Cl)c1Cl. The lowest BCUT2D eigenvalue weighted by molar-refractivity contribution is -0.184. The van der Waals surface area contributed by atoms with Gasteiger partial charge < -0.3 is 18.9 Å². The molecule has 2 fully saturated rings. The first kappa shape index (κ1) is 25.8. The van der Waals surface area contributed by atoms with E-state index >= 15 is 0 Å². The quantitative estimate of drug-likeness (QED) is 0.376. The summed E-state index contributed by atoms with van der Waals surface area (Å²) in [6.45, 7) is 8.67. The first-order valence-electron chi connectivity index (χ1n) is 12.1. The number of Topliss-reactive ketones (excluding diaryl/α,β-unsaturated/α-hetero) is 1. The number of aliphatic imine (C=N–C) groups is 1. The molecule has 0 amide bonds. The highest BCUT2D eigenvalue weighted by Crippen LogP contribution is 2.49. The highest BCUT2D eigenvalue weighted by Gasteiger charge is 2.51. The van der Waals surface area contributed by atoms with Crippen LogP contribution in [0.1, 0.15) is 64.9 Å². The van der Waals surface area contributed by atoms with E-state index in [1.165, 1.54) is 0 Å². The molecule has 0 radical (unpaired) electrons. The van der Waals surface area contributed by atoms with Crippen LogP contribution in [0.3, 0.4) is 0 Å². The molecule has 0 spiro atoms. The number of carbonyl (C=O) groups excluding carboxylic acids is 1. The number of carbonyl (C=O) groups is 1.